The Balaban J connectivity index is 1.83. The number of ether oxygens (including phenoxy) is 1. The zero-order valence-corrected chi connectivity index (χ0v) is 14.4. The number of carbonyl (C=O) groups is 2. The molecule has 6 nitrogen and oxygen atoms in total. The van der Waals surface area contributed by atoms with Crippen LogP contribution in [0.3, 0.4) is 0 Å². The van der Waals surface area contributed by atoms with Crippen molar-refractivity contribution in [3.63, 3.8) is 0 Å². The van der Waals surface area contributed by atoms with Gasteiger partial charge in [0.1, 0.15) is 11.3 Å². The average Bonchev–Trinajstić information content (AvgIpc) is 2.78. The highest BCUT2D eigenvalue weighted by Crippen LogP contribution is 2.40. The molecule has 1 saturated heterocycles. The third kappa shape index (κ3) is 2.75. The number of benzene rings is 1. The van der Waals surface area contributed by atoms with E-state index in [-0.39, 0.29) is 11.8 Å². The van der Waals surface area contributed by atoms with E-state index in [0.29, 0.717) is 32.6 Å². The number of carbonyl (C=O) groups excluding carboxylic acids is 2. The lowest BCUT2D eigenvalue weighted by molar-refractivity contribution is -0.137. The summed E-state index contributed by atoms with van der Waals surface area (Å²) in [5, 5.41) is 0. The Kier molecular flexibility index (Phi) is 4.49. The van der Waals surface area contributed by atoms with Crippen molar-refractivity contribution in [3.8, 4) is 5.75 Å². The molecule has 2 N–H and O–H groups in total. The van der Waals surface area contributed by atoms with Crippen LogP contribution in [0.15, 0.2) is 18.2 Å². The van der Waals surface area contributed by atoms with Gasteiger partial charge in [0.25, 0.3) is 0 Å². The quantitative estimate of drug-likeness (QED) is 0.873. The van der Waals surface area contributed by atoms with Crippen LogP contribution in [0.4, 0.5) is 0 Å². The molecule has 0 radical (unpaired) electrons. The van der Waals surface area contributed by atoms with Gasteiger partial charge in [-0.15, -0.1) is 0 Å². The number of hydrogen-bond acceptors (Lipinski definition) is 4. The minimum atomic E-state index is -0.991. The van der Waals surface area contributed by atoms with Crippen molar-refractivity contribution in [2.75, 3.05) is 33.3 Å². The normalized spacial score (nSPS) is 23.6. The smallest absolute Gasteiger partial charge is 0.247 e. The molecule has 0 bridgehead atoms. The van der Waals surface area contributed by atoms with E-state index in [0.717, 1.165) is 29.7 Å². The second-order valence-electron chi connectivity index (χ2n) is 6.61. The van der Waals surface area contributed by atoms with Gasteiger partial charge in [0.2, 0.25) is 11.8 Å². The standard InChI is InChI=1S/C18H25N3O3/c1-13(22)20-9-4-10-21(12-11-20)17(23)18(19)8-7-14-15(18)5-3-6-16(14)24-2/h3,5-6H,4,7-12,19H2,1-2H3. The number of methoxy groups -OCH3 is 1. The van der Waals surface area contributed by atoms with Crippen LogP contribution in [0, 0.1) is 0 Å². The molecular formula is C18H25N3O3. The van der Waals surface area contributed by atoms with E-state index in [4.69, 9.17) is 10.5 Å². The van der Waals surface area contributed by atoms with Gasteiger partial charge in [0.15, 0.2) is 0 Å². The van der Waals surface area contributed by atoms with Gasteiger partial charge in [-0.25, -0.2) is 0 Å². The summed E-state index contributed by atoms with van der Waals surface area (Å²) in [5.74, 6) is 0.814. The lowest BCUT2D eigenvalue weighted by Gasteiger charge is -2.31. The zero-order chi connectivity index (χ0) is 17.3. The Hall–Kier alpha value is -2.08. The minimum absolute atomic E-state index is 0.0418. The lowest BCUT2D eigenvalue weighted by atomic mass is 9.91. The number of amides is 2. The minimum Gasteiger partial charge on any atom is -0.496 e. The van der Waals surface area contributed by atoms with Crippen LogP contribution in [0.25, 0.3) is 0 Å². The third-order valence-electron chi connectivity index (χ3n) is 5.21. The summed E-state index contributed by atoms with van der Waals surface area (Å²) in [4.78, 5) is 28.3. The molecule has 1 aliphatic heterocycles. The van der Waals surface area contributed by atoms with Gasteiger partial charge < -0.3 is 20.3 Å². The summed E-state index contributed by atoms with van der Waals surface area (Å²) >= 11 is 0. The predicted molar refractivity (Wildman–Crippen MR) is 90.6 cm³/mol. The summed E-state index contributed by atoms with van der Waals surface area (Å²) in [6, 6.07) is 5.73. The molecule has 1 aromatic rings. The van der Waals surface area contributed by atoms with Crippen molar-refractivity contribution in [3.05, 3.63) is 29.3 Å². The number of hydrogen-bond donors (Lipinski definition) is 1. The molecule has 24 heavy (non-hydrogen) atoms. The van der Waals surface area contributed by atoms with Crippen molar-refractivity contribution in [2.24, 2.45) is 5.73 Å². The molecule has 1 unspecified atom stereocenters. The third-order valence-corrected chi connectivity index (χ3v) is 5.21. The highest BCUT2D eigenvalue weighted by atomic mass is 16.5. The van der Waals surface area contributed by atoms with E-state index < -0.39 is 5.54 Å². The number of rotatable bonds is 2. The van der Waals surface area contributed by atoms with Crippen molar-refractivity contribution >= 4 is 11.8 Å². The van der Waals surface area contributed by atoms with E-state index >= 15 is 0 Å². The van der Waals surface area contributed by atoms with Crippen molar-refractivity contribution in [1.29, 1.82) is 0 Å². The first-order valence-corrected chi connectivity index (χ1v) is 8.47. The monoisotopic (exact) mass is 331 g/mol. The lowest BCUT2D eigenvalue weighted by Crippen LogP contribution is -2.52. The number of nitrogens with zero attached hydrogens (tertiary/aromatic N) is 2. The van der Waals surface area contributed by atoms with Crippen molar-refractivity contribution < 1.29 is 14.3 Å². The Bertz CT molecular complexity index is 661. The highest BCUT2D eigenvalue weighted by molar-refractivity contribution is 5.89. The maximum absolute atomic E-state index is 13.2. The molecule has 130 valence electrons. The Labute approximate surface area is 142 Å². The van der Waals surface area contributed by atoms with Gasteiger partial charge in [-0.3, -0.25) is 9.59 Å². The second-order valence-corrected chi connectivity index (χ2v) is 6.61. The Morgan fingerprint density at radius 3 is 2.58 bits per heavy atom. The van der Waals surface area contributed by atoms with E-state index in [1.807, 2.05) is 23.1 Å². The van der Waals surface area contributed by atoms with Gasteiger partial charge in [-0.1, -0.05) is 12.1 Å². The van der Waals surface area contributed by atoms with E-state index in [1.165, 1.54) is 0 Å². The van der Waals surface area contributed by atoms with Gasteiger partial charge >= 0.3 is 0 Å². The fourth-order valence-corrected chi connectivity index (χ4v) is 3.83. The topological polar surface area (TPSA) is 75.9 Å². The summed E-state index contributed by atoms with van der Waals surface area (Å²) in [6.07, 6.45) is 2.12. The van der Waals surface area contributed by atoms with Crippen LogP contribution < -0.4 is 10.5 Å². The first-order chi connectivity index (χ1) is 11.5. The molecule has 0 aromatic heterocycles. The predicted octanol–water partition coefficient (Wildman–Crippen LogP) is 0.876. The molecule has 2 amide bonds. The summed E-state index contributed by atoms with van der Waals surface area (Å²) in [7, 11) is 1.64. The van der Waals surface area contributed by atoms with E-state index in [9.17, 15) is 9.59 Å². The van der Waals surface area contributed by atoms with Crippen LogP contribution in [0.1, 0.15) is 30.9 Å². The Morgan fingerprint density at radius 1 is 1.17 bits per heavy atom. The largest absolute Gasteiger partial charge is 0.496 e. The van der Waals surface area contributed by atoms with Crippen LogP contribution in [0.2, 0.25) is 0 Å². The summed E-state index contributed by atoms with van der Waals surface area (Å²) in [6.45, 7) is 4.02. The van der Waals surface area contributed by atoms with Gasteiger partial charge in [0, 0.05) is 33.1 Å². The molecular weight excluding hydrogens is 306 g/mol. The van der Waals surface area contributed by atoms with Crippen LogP contribution in [-0.2, 0) is 21.5 Å². The summed E-state index contributed by atoms with van der Waals surface area (Å²) in [5.41, 5.74) is 7.51. The van der Waals surface area contributed by atoms with Crippen LogP contribution in [0.5, 0.6) is 5.75 Å². The average molecular weight is 331 g/mol. The maximum Gasteiger partial charge on any atom is 0.247 e. The van der Waals surface area contributed by atoms with Crippen LogP contribution in [-0.4, -0.2) is 54.9 Å². The first kappa shape index (κ1) is 16.8. The Morgan fingerprint density at radius 2 is 1.88 bits per heavy atom. The van der Waals surface area contributed by atoms with Gasteiger partial charge in [-0.2, -0.15) is 0 Å². The molecule has 6 heteroatoms. The molecule has 1 aromatic carbocycles. The fraction of sp³-hybridized carbons (Fsp3) is 0.556. The fourth-order valence-electron chi connectivity index (χ4n) is 3.83. The first-order valence-electron chi connectivity index (χ1n) is 8.47. The molecule has 1 aliphatic carbocycles. The van der Waals surface area contributed by atoms with E-state index in [2.05, 4.69) is 0 Å². The van der Waals surface area contributed by atoms with Gasteiger partial charge in [-0.05, 0) is 36.5 Å². The van der Waals surface area contributed by atoms with Gasteiger partial charge in [0.05, 0.1) is 7.11 Å². The summed E-state index contributed by atoms with van der Waals surface area (Å²) < 4.78 is 5.41. The molecule has 2 aliphatic rings. The van der Waals surface area contributed by atoms with E-state index in [1.54, 1.807) is 18.9 Å². The second kappa shape index (κ2) is 6.43. The van der Waals surface area contributed by atoms with Crippen molar-refractivity contribution in [2.45, 2.75) is 31.7 Å². The molecule has 1 atom stereocenters. The molecule has 3 rings (SSSR count). The highest BCUT2D eigenvalue weighted by Gasteiger charge is 2.45. The number of fused-ring (bicyclic) bond motifs is 1. The molecule has 1 heterocycles. The van der Waals surface area contributed by atoms with Crippen molar-refractivity contribution in [1.82, 2.24) is 9.80 Å². The maximum atomic E-state index is 13.2. The molecule has 1 fully saturated rings. The SMILES string of the molecule is COc1cccc2c1CCC2(N)C(=O)N1CCCN(C(C)=O)CC1. The zero-order valence-electron chi connectivity index (χ0n) is 14.4. The molecule has 0 spiro atoms. The molecule has 0 saturated carbocycles. The van der Waals surface area contributed by atoms with Crippen LogP contribution >= 0.6 is 0 Å². The number of nitrogens with two attached hydrogens (primary N) is 1.